The van der Waals surface area contributed by atoms with Crippen LogP contribution in [0.4, 0.5) is 5.69 Å². The Morgan fingerprint density at radius 2 is 2.11 bits per heavy atom. The van der Waals surface area contributed by atoms with Crippen LogP contribution in [0.1, 0.15) is 11.1 Å². The van der Waals surface area contributed by atoms with Gasteiger partial charge in [0.2, 0.25) is 5.15 Å². The number of hydrogen-bond donors (Lipinski definition) is 0. The second-order valence-electron chi connectivity index (χ2n) is 3.79. The zero-order valence-electron chi connectivity index (χ0n) is 10.0. The second kappa shape index (κ2) is 5.99. The zero-order valence-corrected chi connectivity index (χ0v) is 11.6. The summed E-state index contributed by atoms with van der Waals surface area (Å²) in [5.74, 6) is 0.598. The Bertz CT molecular complexity index is 622. The third-order valence-corrected chi connectivity index (χ3v) is 3.86. The van der Waals surface area contributed by atoms with E-state index >= 15 is 0 Å². The maximum absolute atomic E-state index is 10.9. The van der Waals surface area contributed by atoms with Crippen molar-refractivity contribution in [1.29, 1.82) is 0 Å². The lowest BCUT2D eigenvalue weighted by Gasteiger charge is -2.05. The summed E-state index contributed by atoms with van der Waals surface area (Å²) in [6, 6.07) is 7.87. The number of benzene rings is 1. The van der Waals surface area contributed by atoms with Crippen LogP contribution in [0.15, 0.2) is 35.6 Å². The van der Waals surface area contributed by atoms with Crippen molar-refractivity contribution in [2.75, 3.05) is 0 Å². The van der Waals surface area contributed by atoms with Crippen molar-refractivity contribution < 1.29 is 4.92 Å². The fraction of sp³-hybridized carbons (Fsp3) is 0.167. The standard InChI is InChI=1S/C12H10ClN3O2S/c1-8-4-2-3-5-9(8)6-19-12-10(16(17)18)11(13)14-7-15-12/h2-5,7H,6H2,1H3. The molecule has 0 aliphatic heterocycles. The molecular weight excluding hydrogens is 286 g/mol. The lowest BCUT2D eigenvalue weighted by Crippen LogP contribution is -1.97. The number of halogens is 1. The fourth-order valence-electron chi connectivity index (χ4n) is 1.52. The molecular formula is C12H10ClN3O2S. The largest absolute Gasteiger partial charge is 0.338 e. The third-order valence-electron chi connectivity index (χ3n) is 2.55. The van der Waals surface area contributed by atoms with Gasteiger partial charge < -0.3 is 0 Å². The number of hydrogen-bond acceptors (Lipinski definition) is 5. The minimum atomic E-state index is -0.553. The van der Waals surface area contributed by atoms with Crippen molar-refractivity contribution in [2.45, 2.75) is 17.7 Å². The van der Waals surface area contributed by atoms with Crippen molar-refractivity contribution in [3.8, 4) is 0 Å². The predicted molar refractivity (Wildman–Crippen MR) is 74.4 cm³/mol. The molecule has 0 aliphatic rings. The Hall–Kier alpha value is -1.66. The maximum Gasteiger partial charge on any atom is 0.338 e. The zero-order chi connectivity index (χ0) is 13.8. The summed E-state index contributed by atoms with van der Waals surface area (Å²) in [5.41, 5.74) is 2.01. The Balaban J connectivity index is 2.23. The van der Waals surface area contributed by atoms with Gasteiger partial charge in [-0.25, -0.2) is 9.97 Å². The SMILES string of the molecule is Cc1ccccc1CSc1ncnc(Cl)c1[N+](=O)[O-]. The molecule has 1 aromatic heterocycles. The molecule has 0 radical (unpaired) electrons. The number of rotatable bonds is 4. The monoisotopic (exact) mass is 295 g/mol. The van der Waals surface area contributed by atoms with Crippen molar-refractivity contribution >= 4 is 29.1 Å². The van der Waals surface area contributed by atoms with Gasteiger partial charge in [-0.2, -0.15) is 0 Å². The van der Waals surface area contributed by atoms with Gasteiger partial charge in [0.15, 0.2) is 5.03 Å². The van der Waals surface area contributed by atoms with E-state index in [9.17, 15) is 10.1 Å². The van der Waals surface area contributed by atoms with Gasteiger partial charge in [-0.1, -0.05) is 47.6 Å². The Morgan fingerprint density at radius 3 is 2.79 bits per heavy atom. The van der Waals surface area contributed by atoms with Crippen molar-refractivity contribution in [3.05, 3.63) is 57.0 Å². The van der Waals surface area contributed by atoms with Crippen LogP contribution in [0.5, 0.6) is 0 Å². The van der Waals surface area contributed by atoms with Crippen LogP contribution in [0.3, 0.4) is 0 Å². The van der Waals surface area contributed by atoms with Crippen LogP contribution < -0.4 is 0 Å². The smallest absolute Gasteiger partial charge is 0.258 e. The van der Waals surface area contributed by atoms with Crippen LogP contribution in [-0.2, 0) is 5.75 Å². The van der Waals surface area contributed by atoms with Crippen molar-refractivity contribution in [2.24, 2.45) is 0 Å². The number of aryl methyl sites for hydroxylation is 1. The van der Waals surface area contributed by atoms with E-state index in [0.29, 0.717) is 5.75 Å². The summed E-state index contributed by atoms with van der Waals surface area (Å²) in [4.78, 5) is 18.0. The summed E-state index contributed by atoms with van der Waals surface area (Å²) < 4.78 is 0. The lowest BCUT2D eigenvalue weighted by atomic mass is 10.1. The lowest BCUT2D eigenvalue weighted by molar-refractivity contribution is -0.388. The van der Waals surface area contributed by atoms with E-state index in [1.165, 1.54) is 18.1 Å². The van der Waals surface area contributed by atoms with Gasteiger partial charge in [0.05, 0.1) is 4.92 Å². The molecule has 7 heteroatoms. The van der Waals surface area contributed by atoms with E-state index in [1.54, 1.807) is 0 Å². The fourth-order valence-corrected chi connectivity index (χ4v) is 2.82. The molecule has 1 aromatic carbocycles. The van der Waals surface area contributed by atoms with Gasteiger partial charge in [0.25, 0.3) is 0 Å². The van der Waals surface area contributed by atoms with E-state index in [2.05, 4.69) is 9.97 Å². The molecule has 5 nitrogen and oxygen atoms in total. The Kier molecular flexibility index (Phi) is 4.34. The molecule has 0 bridgehead atoms. The molecule has 19 heavy (non-hydrogen) atoms. The molecule has 0 amide bonds. The molecule has 0 unspecified atom stereocenters. The molecule has 0 N–H and O–H groups in total. The van der Waals surface area contributed by atoms with Gasteiger partial charge in [0, 0.05) is 5.75 Å². The number of thioether (sulfide) groups is 1. The Labute approximate surface area is 119 Å². The maximum atomic E-state index is 10.9. The molecule has 1 heterocycles. The highest BCUT2D eigenvalue weighted by Gasteiger charge is 2.21. The molecule has 0 aliphatic carbocycles. The molecule has 2 aromatic rings. The first kappa shape index (κ1) is 13.8. The number of aromatic nitrogens is 2. The third kappa shape index (κ3) is 3.21. The first-order chi connectivity index (χ1) is 9.09. The summed E-state index contributed by atoms with van der Waals surface area (Å²) >= 11 is 7.01. The van der Waals surface area contributed by atoms with E-state index in [0.717, 1.165) is 11.1 Å². The first-order valence-corrected chi connectivity index (χ1v) is 6.78. The molecule has 0 saturated heterocycles. The van der Waals surface area contributed by atoms with E-state index in [1.807, 2.05) is 31.2 Å². The summed E-state index contributed by atoms with van der Waals surface area (Å²) in [7, 11) is 0. The van der Waals surface area contributed by atoms with Crippen molar-refractivity contribution in [3.63, 3.8) is 0 Å². The molecule has 0 fully saturated rings. The quantitative estimate of drug-likeness (QED) is 0.373. The minimum absolute atomic E-state index is 0.132. The van der Waals surface area contributed by atoms with E-state index in [-0.39, 0.29) is 15.9 Å². The second-order valence-corrected chi connectivity index (χ2v) is 5.11. The van der Waals surface area contributed by atoms with Gasteiger partial charge >= 0.3 is 5.69 Å². The summed E-state index contributed by atoms with van der Waals surface area (Å²) in [6.45, 7) is 2.00. The van der Waals surface area contributed by atoms with Crippen LogP contribution in [0, 0.1) is 17.0 Å². The highest BCUT2D eigenvalue weighted by Crippen LogP contribution is 2.33. The highest BCUT2D eigenvalue weighted by atomic mass is 35.5. The van der Waals surface area contributed by atoms with Crippen LogP contribution in [-0.4, -0.2) is 14.9 Å². The predicted octanol–water partition coefficient (Wildman–Crippen LogP) is 3.64. The van der Waals surface area contributed by atoms with Gasteiger partial charge in [-0.05, 0) is 18.1 Å². The van der Waals surface area contributed by atoms with E-state index < -0.39 is 4.92 Å². The molecule has 2 rings (SSSR count). The normalized spacial score (nSPS) is 10.4. The summed E-state index contributed by atoms with van der Waals surface area (Å²) in [5, 5.41) is 11.1. The highest BCUT2D eigenvalue weighted by molar-refractivity contribution is 7.98. The topological polar surface area (TPSA) is 68.9 Å². The minimum Gasteiger partial charge on any atom is -0.258 e. The average molecular weight is 296 g/mol. The van der Waals surface area contributed by atoms with E-state index in [4.69, 9.17) is 11.6 Å². The van der Waals surface area contributed by atoms with Crippen LogP contribution in [0.25, 0.3) is 0 Å². The number of nitro groups is 1. The van der Waals surface area contributed by atoms with Crippen LogP contribution >= 0.6 is 23.4 Å². The molecule has 0 spiro atoms. The number of nitrogens with zero attached hydrogens (tertiary/aromatic N) is 3. The van der Waals surface area contributed by atoms with Gasteiger partial charge in [-0.15, -0.1) is 0 Å². The van der Waals surface area contributed by atoms with Gasteiger partial charge in [0.1, 0.15) is 6.33 Å². The van der Waals surface area contributed by atoms with Crippen molar-refractivity contribution in [1.82, 2.24) is 9.97 Å². The molecule has 0 saturated carbocycles. The van der Waals surface area contributed by atoms with Gasteiger partial charge in [-0.3, -0.25) is 10.1 Å². The average Bonchev–Trinajstić information content (AvgIpc) is 2.37. The first-order valence-electron chi connectivity index (χ1n) is 5.42. The summed E-state index contributed by atoms with van der Waals surface area (Å²) in [6.07, 6.45) is 1.23. The Morgan fingerprint density at radius 1 is 1.37 bits per heavy atom. The molecule has 0 atom stereocenters. The molecule has 98 valence electrons. The van der Waals surface area contributed by atoms with Crippen LogP contribution in [0.2, 0.25) is 5.15 Å².